The van der Waals surface area contributed by atoms with Crippen molar-refractivity contribution in [2.45, 2.75) is 78.2 Å². The fraction of sp³-hybridized carbons (Fsp3) is 1.00. The van der Waals surface area contributed by atoms with Gasteiger partial charge in [-0.25, -0.2) is 0 Å². The van der Waals surface area contributed by atoms with Gasteiger partial charge in [-0.2, -0.15) is 0 Å². The summed E-state index contributed by atoms with van der Waals surface area (Å²) in [5.41, 5.74) is 6.84. The maximum atomic E-state index is 6.34. The number of rotatable bonds is 6. The zero-order chi connectivity index (χ0) is 11.3. The molecule has 0 aromatic rings. The Morgan fingerprint density at radius 1 is 1.27 bits per heavy atom. The number of hydrogen-bond acceptors (Lipinski definition) is 1. The quantitative estimate of drug-likeness (QED) is 0.657. The van der Waals surface area contributed by atoms with E-state index in [0.717, 1.165) is 5.92 Å². The highest BCUT2D eigenvalue weighted by atomic mass is 14.7. The van der Waals surface area contributed by atoms with Gasteiger partial charge < -0.3 is 5.73 Å². The predicted octanol–water partition coefficient (Wildman–Crippen LogP) is 4.11. The van der Waals surface area contributed by atoms with Crippen LogP contribution >= 0.6 is 0 Å². The average Bonchev–Trinajstić information content (AvgIpc) is 2.52. The van der Waals surface area contributed by atoms with Crippen molar-refractivity contribution in [1.82, 2.24) is 0 Å². The Balaban J connectivity index is 2.24. The second kappa shape index (κ2) is 5.89. The van der Waals surface area contributed by atoms with Crippen LogP contribution in [0.3, 0.4) is 0 Å². The van der Waals surface area contributed by atoms with Crippen molar-refractivity contribution in [1.29, 1.82) is 0 Å². The second-order valence-corrected chi connectivity index (χ2v) is 6.00. The van der Waals surface area contributed by atoms with Crippen LogP contribution in [0.4, 0.5) is 0 Å². The number of nitrogens with two attached hydrogens (primary N) is 1. The highest BCUT2D eigenvalue weighted by Gasteiger charge is 2.37. The molecule has 0 spiro atoms. The third kappa shape index (κ3) is 3.79. The molecule has 0 aliphatic heterocycles. The highest BCUT2D eigenvalue weighted by Crippen LogP contribution is 2.44. The van der Waals surface area contributed by atoms with E-state index >= 15 is 0 Å². The third-order valence-corrected chi connectivity index (χ3v) is 4.25. The fourth-order valence-electron chi connectivity index (χ4n) is 3.16. The van der Waals surface area contributed by atoms with Gasteiger partial charge in [-0.05, 0) is 30.6 Å². The summed E-state index contributed by atoms with van der Waals surface area (Å²) in [6.07, 6.45) is 10.8. The first-order chi connectivity index (χ1) is 7.08. The van der Waals surface area contributed by atoms with Crippen LogP contribution in [0.2, 0.25) is 0 Å². The van der Waals surface area contributed by atoms with Gasteiger partial charge in [0.2, 0.25) is 0 Å². The molecule has 0 saturated heterocycles. The van der Waals surface area contributed by atoms with Crippen molar-refractivity contribution >= 4 is 0 Å². The molecule has 0 radical (unpaired) electrons. The largest absolute Gasteiger partial charge is 0.327 e. The van der Waals surface area contributed by atoms with E-state index in [1.54, 1.807) is 0 Å². The minimum atomic E-state index is 0.458. The molecule has 1 rings (SSSR count). The highest BCUT2D eigenvalue weighted by molar-refractivity contribution is 4.90. The molecule has 0 aromatic heterocycles. The zero-order valence-corrected chi connectivity index (χ0v) is 10.9. The summed E-state index contributed by atoms with van der Waals surface area (Å²) in [6.45, 7) is 7.06. The maximum absolute atomic E-state index is 6.34. The molecule has 2 N–H and O–H groups in total. The van der Waals surface area contributed by atoms with Gasteiger partial charge in [-0.3, -0.25) is 0 Å². The van der Waals surface area contributed by atoms with Crippen molar-refractivity contribution in [3.8, 4) is 0 Å². The van der Waals surface area contributed by atoms with Crippen LogP contribution in [0.15, 0.2) is 0 Å². The van der Waals surface area contributed by atoms with E-state index in [4.69, 9.17) is 5.73 Å². The van der Waals surface area contributed by atoms with Crippen molar-refractivity contribution in [3.63, 3.8) is 0 Å². The fourth-order valence-corrected chi connectivity index (χ4v) is 3.16. The van der Waals surface area contributed by atoms with E-state index in [1.165, 1.54) is 51.4 Å². The average molecular weight is 211 g/mol. The molecule has 1 saturated carbocycles. The minimum Gasteiger partial charge on any atom is -0.327 e. The van der Waals surface area contributed by atoms with Gasteiger partial charge in [-0.1, -0.05) is 52.9 Å². The lowest BCUT2D eigenvalue weighted by atomic mass is 9.76. The van der Waals surface area contributed by atoms with Gasteiger partial charge in [0.1, 0.15) is 0 Å². The van der Waals surface area contributed by atoms with Gasteiger partial charge in [0, 0.05) is 6.04 Å². The Morgan fingerprint density at radius 2 is 2.00 bits per heavy atom. The van der Waals surface area contributed by atoms with Gasteiger partial charge >= 0.3 is 0 Å². The summed E-state index contributed by atoms with van der Waals surface area (Å²) in [5.74, 6) is 0.777. The monoisotopic (exact) mass is 211 g/mol. The van der Waals surface area contributed by atoms with Crippen LogP contribution in [-0.2, 0) is 0 Å². The van der Waals surface area contributed by atoms with Crippen molar-refractivity contribution in [2.24, 2.45) is 17.1 Å². The lowest BCUT2D eigenvalue weighted by Gasteiger charge is -2.32. The molecule has 1 heteroatoms. The standard InChI is InChI=1S/C14H29N/c1-4-5-6-7-10-13(15)12-9-8-11-14(12,2)3/h12-13H,4-11,15H2,1-3H3. The molecule has 2 atom stereocenters. The molecule has 1 aliphatic rings. The smallest absolute Gasteiger partial charge is 0.00722 e. The summed E-state index contributed by atoms with van der Waals surface area (Å²) in [4.78, 5) is 0. The van der Waals surface area contributed by atoms with Crippen molar-refractivity contribution in [2.75, 3.05) is 0 Å². The SMILES string of the molecule is CCCCCCC(N)C1CCCC1(C)C. The normalized spacial score (nSPS) is 26.8. The molecule has 90 valence electrons. The first kappa shape index (κ1) is 13.0. The summed E-state index contributed by atoms with van der Waals surface area (Å²) in [5, 5.41) is 0. The summed E-state index contributed by atoms with van der Waals surface area (Å²) < 4.78 is 0. The van der Waals surface area contributed by atoms with Crippen LogP contribution in [-0.4, -0.2) is 6.04 Å². The second-order valence-electron chi connectivity index (χ2n) is 6.00. The molecule has 0 bridgehead atoms. The first-order valence-electron chi connectivity index (χ1n) is 6.83. The van der Waals surface area contributed by atoms with Crippen molar-refractivity contribution < 1.29 is 0 Å². The molecule has 0 amide bonds. The minimum absolute atomic E-state index is 0.458. The van der Waals surface area contributed by atoms with E-state index < -0.39 is 0 Å². The molecule has 0 heterocycles. The van der Waals surface area contributed by atoms with Gasteiger partial charge in [-0.15, -0.1) is 0 Å². The summed E-state index contributed by atoms with van der Waals surface area (Å²) in [7, 11) is 0. The van der Waals surface area contributed by atoms with Crippen molar-refractivity contribution in [3.05, 3.63) is 0 Å². The molecule has 2 unspecified atom stereocenters. The first-order valence-corrected chi connectivity index (χ1v) is 6.83. The van der Waals surface area contributed by atoms with E-state index in [-0.39, 0.29) is 0 Å². The van der Waals surface area contributed by atoms with Gasteiger partial charge in [0.15, 0.2) is 0 Å². The van der Waals surface area contributed by atoms with Crippen LogP contribution in [0.5, 0.6) is 0 Å². The topological polar surface area (TPSA) is 26.0 Å². The van der Waals surface area contributed by atoms with Crippen LogP contribution in [0, 0.1) is 11.3 Å². The molecule has 0 aromatic carbocycles. The zero-order valence-electron chi connectivity index (χ0n) is 10.9. The van der Waals surface area contributed by atoms with E-state index in [2.05, 4.69) is 20.8 Å². The molecule has 1 fully saturated rings. The molecule has 1 nitrogen and oxygen atoms in total. The molecular weight excluding hydrogens is 182 g/mol. The summed E-state index contributed by atoms with van der Waals surface area (Å²) in [6, 6.07) is 0.458. The number of hydrogen-bond donors (Lipinski definition) is 1. The van der Waals surface area contributed by atoms with Gasteiger partial charge in [0.25, 0.3) is 0 Å². The molecule has 15 heavy (non-hydrogen) atoms. The van der Waals surface area contributed by atoms with E-state index in [0.29, 0.717) is 11.5 Å². The number of unbranched alkanes of at least 4 members (excludes halogenated alkanes) is 3. The van der Waals surface area contributed by atoms with Crippen LogP contribution in [0.1, 0.15) is 72.1 Å². The lowest BCUT2D eigenvalue weighted by Crippen LogP contribution is -2.36. The summed E-state index contributed by atoms with van der Waals surface area (Å²) >= 11 is 0. The third-order valence-electron chi connectivity index (χ3n) is 4.25. The van der Waals surface area contributed by atoms with Crippen LogP contribution < -0.4 is 5.73 Å². The Morgan fingerprint density at radius 3 is 2.53 bits per heavy atom. The predicted molar refractivity (Wildman–Crippen MR) is 67.9 cm³/mol. The van der Waals surface area contributed by atoms with Gasteiger partial charge in [0.05, 0.1) is 0 Å². The Labute approximate surface area is 95.8 Å². The Bertz CT molecular complexity index is 174. The molecular formula is C14H29N. The lowest BCUT2D eigenvalue weighted by molar-refractivity contribution is 0.212. The van der Waals surface area contributed by atoms with Crippen LogP contribution in [0.25, 0.3) is 0 Å². The maximum Gasteiger partial charge on any atom is 0.00722 e. The van der Waals surface area contributed by atoms with E-state index in [1.807, 2.05) is 0 Å². The van der Waals surface area contributed by atoms with E-state index in [9.17, 15) is 0 Å². The Hall–Kier alpha value is -0.0400. The molecule has 1 aliphatic carbocycles. The Kier molecular flexibility index (Phi) is 5.11.